The highest BCUT2D eigenvalue weighted by atomic mass is 32.2. The maximum absolute atomic E-state index is 12.3. The first-order valence-electron chi connectivity index (χ1n) is 8.28. The molecule has 2 heterocycles. The smallest absolute Gasteiger partial charge is 0.231 e. The van der Waals surface area contributed by atoms with Crippen LogP contribution >= 0.6 is 23.1 Å². The molecule has 25 heavy (non-hydrogen) atoms. The molecule has 1 aliphatic carbocycles. The Kier molecular flexibility index (Phi) is 5.16. The summed E-state index contributed by atoms with van der Waals surface area (Å²) >= 11 is 3.02. The van der Waals surface area contributed by atoms with Crippen LogP contribution in [0, 0.1) is 17.2 Å². The molecule has 0 bridgehead atoms. The first kappa shape index (κ1) is 18.0. The van der Waals surface area contributed by atoms with Gasteiger partial charge in [-0.05, 0) is 37.1 Å². The Balaban J connectivity index is 1.70. The van der Waals surface area contributed by atoms with E-state index in [9.17, 15) is 10.1 Å². The third kappa shape index (κ3) is 3.88. The van der Waals surface area contributed by atoms with E-state index in [0.717, 1.165) is 28.7 Å². The summed E-state index contributed by atoms with van der Waals surface area (Å²) in [5.41, 5.74) is -0.857. The van der Waals surface area contributed by atoms with Crippen molar-refractivity contribution in [1.82, 2.24) is 20.1 Å². The van der Waals surface area contributed by atoms with Gasteiger partial charge in [0.2, 0.25) is 5.91 Å². The number of hydrogen-bond acceptors (Lipinski definition) is 6. The van der Waals surface area contributed by atoms with Crippen LogP contribution in [0.25, 0.3) is 10.7 Å². The molecular formula is C17H21N5OS2. The summed E-state index contributed by atoms with van der Waals surface area (Å²) in [6.45, 7) is 5.60. The Morgan fingerprint density at radius 2 is 2.32 bits per heavy atom. The van der Waals surface area contributed by atoms with Gasteiger partial charge in [-0.3, -0.25) is 9.36 Å². The highest BCUT2D eigenvalue weighted by Crippen LogP contribution is 2.41. The second-order valence-electron chi connectivity index (χ2n) is 6.69. The number of carbonyl (C=O) groups excluding carboxylic acids is 1. The summed E-state index contributed by atoms with van der Waals surface area (Å²) < 4.78 is 2.15. The number of amides is 1. The summed E-state index contributed by atoms with van der Waals surface area (Å²) in [5.74, 6) is 0.974. The van der Waals surface area contributed by atoms with Crippen molar-refractivity contribution in [1.29, 1.82) is 5.26 Å². The van der Waals surface area contributed by atoms with Crippen molar-refractivity contribution in [2.75, 3.05) is 5.75 Å². The Bertz CT molecular complexity index is 789. The summed E-state index contributed by atoms with van der Waals surface area (Å²) in [5, 5.41) is 23.6. The summed E-state index contributed by atoms with van der Waals surface area (Å²) in [7, 11) is 0. The van der Waals surface area contributed by atoms with Crippen molar-refractivity contribution in [3.63, 3.8) is 0 Å². The molecule has 1 aliphatic rings. The van der Waals surface area contributed by atoms with Gasteiger partial charge in [0.05, 0.1) is 16.7 Å². The van der Waals surface area contributed by atoms with Crippen LogP contribution in [-0.4, -0.2) is 32.0 Å². The number of carbonyl (C=O) groups is 1. The quantitative estimate of drug-likeness (QED) is 0.749. The molecule has 0 unspecified atom stereocenters. The van der Waals surface area contributed by atoms with E-state index >= 15 is 0 Å². The van der Waals surface area contributed by atoms with Crippen LogP contribution in [-0.2, 0) is 4.79 Å². The van der Waals surface area contributed by atoms with E-state index in [1.54, 1.807) is 18.3 Å². The third-order valence-corrected chi connectivity index (χ3v) is 6.25. The molecule has 1 saturated carbocycles. The standard InChI is InChI=1S/C17H21N5OS2/c1-11(2)17(3,10-18)19-14(23)9-25-16-21-20-15(13-5-4-8-24-13)22(16)12-6-7-12/h4-5,8,11-12H,6-7,9H2,1-3H3,(H,19,23)/t17-/m0/s1. The SMILES string of the molecule is CC(C)[C@](C)(C#N)NC(=O)CSc1nnc(-c2cccs2)n1C1CC1. The predicted molar refractivity (Wildman–Crippen MR) is 99.3 cm³/mol. The van der Waals surface area contributed by atoms with Gasteiger partial charge in [-0.25, -0.2) is 0 Å². The number of nitrogens with one attached hydrogen (secondary N) is 1. The van der Waals surface area contributed by atoms with Crippen molar-refractivity contribution in [3.8, 4) is 16.8 Å². The minimum absolute atomic E-state index is 0.0343. The molecule has 2 aromatic heterocycles. The molecule has 1 atom stereocenters. The zero-order valence-electron chi connectivity index (χ0n) is 14.5. The Hall–Kier alpha value is -1.85. The average molecular weight is 376 g/mol. The first-order valence-corrected chi connectivity index (χ1v) is 10.1. The van der Waals surface area contributed by atoms with Crippen LogP contribution in [0.3, 0.4) is 0 Å². The number of aromatic nitrogens is 3. The molecule has 6 nitrogen and oxygen atoms in total. The molecular weight excluding hydrogens is 354 g/mol. The molecule has 1 fully saturated rings. The molecule has 8 heteroatoms. The van der Waals surface area contributed by atoms with Gasteiger partial charge in [-0.2, -0.15) is 5.26 Å². The maximum atomic E-state index is 12.3. The lowest BCUT2D eigenvalue weighted by Gasteiger charge is -2.27. The van der Waals surface area contributed by atoms with Crippen LogP contribution in [0.1, 0.15) is 39.7 Å². The zero-order valence-corrected chi connectivity index (χ0v) is 16.2. The number of hydrogen-bond donors (Lipinski definition) is 1. The van der Waals surface area contributed by atoms with Gasteiger partial charge in [0.1, 0.15) is 5.54 Å². The molecule has 0 spiro atoms. The molecule has 2 aromatic rings. The fraction of sp³-hybridized carbons (Fsp3) is 0.529. The lowest BCUT2D eigenvalue weighted by Crippen LogP contribution is -2.49. The maximum Gasteiger partial charge on any atom is 0.231 e. The Morgan fingerprint density at radius 3 is 2.88 bits per heavy atom. The predicted octanol–water partition coefficient (Wildman–Crippen LogP) is 3.49. The highest BCUT2D eigenvalue weighted by Gasteiger charge is 2.32. The molecule has 3 rings (SSSR count). The van der Waals surface area contributed by atoms with E-state index in [-0.39, 0.29) is 17.6 Å². The molecule has 1 amide bonds. The monoisotopic (exact) mass is 375 g/mol. The van der Waals surface area contributed by atoms with Gasteiger partial charge >= 0.3 is 0 Å². The van der Waals surface area contributed by atoms with Crippen LogP contribution in [0.2, 0.25) is 0 Å². The van der Waals surface area contributed by atoms with Crippen LogP contribution in [0.4, 0.5) is 0 Å². The molecule has 0 aromatic carbocycles. The molecule has 1 N–H and O–H groups in total. The van der Waals surface area contributed by atoms with Crippen LogP contribution < -0.4 is 5.32 Å². The van der Waals surface area contributed by atoms with Gasteiger partial charge < -0.3 is 5.32 Å². The molecule has 0 radical (unpaired) electrons. The second-order valence-corrected chi connectivity index (χ2v) is 8.58. The Labute approximate surface area is 155 Å². The van der Waals surface area contributed by atoms with Crippen molar-refractivity contribution >= 4 is 29.0 Å². The molecule has 0 saturated heterocycles. The molecule has 0 aliphatic heterocycles. The third-order valence-electron chi connectivity index (χ3n) is 4.44. The van der Waals surface area contributed by atoms with E-state index < -0.39 is 5.54 Å². The second kappa shape index (κ2) is 7.18. The lowest BCUT2D eigenvalue weighted by molar-refractivity contribution is -0.120. The van der Waals surface area contributed by atoms with Crippen molar-refractivity contribution in [2.24, 2.45) is 5.92 Å². The zero-order chi connectivity index (χ0) is 18.0. The number of nitriles is 1. The van der Waals surface area contributed by atoms with Gasteiger partial charge in [0.25, 0.3) is 0 Å². The number of thioether (sulfide) groups is 1. The van der Waals surface area contributed by atoms with E-state index in [1.165, 1.54) is 11.8 Å². The van der Waals surface area contributed by atoms with Gasteiger partial charge in [0.15, 0.2) is 11.0 Å². The van der Waals surface area contributed by atoms with Gasteiger partial charge in [-0.1, -0.05) is 31.7 Å². The van der Waals surface area contributed by atoms with E-state index in [1.807, 2.05) is 31.4 Å². The Morgan fingerprint density at radius 1 is 1.56 bits per heavy atom. The minimum atomic E-state index is -0.857. The van der Waals surface area contributed by atoms with Crippen molar-refractivity contribution in [2.45, 2.75) is 50.4 Å². The molecule has 132 valence electrons. The first-order chi connectivity index (χ1) is 11.9. The lowest BCUT2D eigenvalue weighted by atomic mass is 9.90. The van der Waals surface area contributed by atoms with E-state index in [0.29, 0.717) is 6.04 Å². The van der Waals surface area contributed by atoms with Gasteiger partial charge in [-0.15, -0.1) is 21.5 Å². The number of nitrogens with zero attached hydrogens (tertiary/aromatic N) is 4. The van der Waals surface area contributed by atoms with Crippen molar-refractivity contribution in [3.05, 3.63) is 17.5 Å². The van der Waals surface area contributed by atoms with Crippen LogP contribution in [0.5, 0.6) is 0 Å². The normalized spacial score (nSPS) is 16.4. The van der Waals surface area contributed by atoms with Crippen LogP contribution in [0.15, 0.2) is 22.7 Å². The van der Waals surface area contributed by atoms with Gasteiger partial charge in [0, 0.05) is 6.04 Å². The average Bonchev–Trinajstić information content (AvgIpc) is 3.11. The fourth-order valence-electron chi connectivity index (χ4n) is 2.37. The van der Waals surface area contributed by atoms with E-state index in [4.69, 9.17) is 0 Å². The minimum Gasteiger partial charge on any atom is -0.337 e. The fourth-order valence-corrected chi connectivity index (χ4v) is 3.88. The largest absolute Gasteiger partial charge is 0.337 e. The topological polar surface area (TPSA) is 83.6 Å². The highest BCUT2D eigenvalue weighted by molar-refractivity contribution is 7.99. The number of rotatable bonds is 7. The summed E-state index contributed by atoms with van der Waals surface area (Å²) in [6, 6.07) is 6.66. The van der Waals surface area contributed by atoms with Crippen molar-refractivity contribution < 1.29 is 4.79 Å². The van der Waals surface area contributed by atoms with E-state index in [2.05, 4.69) is 26.2 Å². The summed E-state index contributed by atoms with van der Waals surface area (Å²) in [4.78, 5) is 13.4. The number of thiophene rings is 1. The summed E-state index contributed by atoms with van der Waals surface area (Å²) in [6.07, 6.45) is 2.24.